The predicted molar refractivity (Wildman–Crippen MR) is 97.2 cm³/mol. The summed E-state index contributed by atoms with van der Waals surface area (Å²) >= 11 is 0. The zero-order valence-corrected chi connectivity index (χ0v) is 14.6. The van der Waals surface area contributed by atoms with Gasteiger partial charge in [0.25, 0.3) is 0 Å². The van der Waals surface area contributed by atoms with E-state index in [-0.39, 0.29) is 0 Å². The van der Waals surface area contributed by atoms with Crippen LogP contribution in [0.15, 0.2) is 52.8 Å². The number of hydrogen-bond donors (Lipinski definition) is 0. The molecule has 3 rings (SSSR count). The molecule has 1 aliphatic rings. The minimum atomic E-state index is 0.830. The first kappa shape index (κ1) is 16.3. The second-order valence-electron chi connectivity index (χ2n) is 6.05. The van der Waals surface area contributed by atoms with E-state index >= 15 is 0 Å². The van der Waals surface area contributed by atoms with E-state index in [4.69, 9.17) is 4.74 Å². The summed E-state index contributed by atoms with van der Waals surface area (Å²) in [7, 11) is 1.66. The molecule has 0 amide bonds. The Labute approximate surface area is 143 Å². The van der Waals surface area contributed by atoms with Crippen LogP contribution in [0.4, 0.5) is 11.4 Å². The molecule has 1 aliphatic heterocycles. The number of aryl methyl sites for hydroxylation is 1. The molecule has 5 heteroatoms. The summed E-state index contributed by atoms with van der Waals surface area (Å²) in [5.74, 6) is 0.830. The van der Waals surface area contributed by atoms with Crippen LogP contribution in [0, 0.1) is 13.8 Å². The monoisotopic (exact) mass is 324 g/mol. The van der Waals surface area contributed by atoms with E-state index in [2.05, 4.69) is 47.3 Å². The second-order valence-corrected chi connectivity index (χ2v) is 6.05. The first-order chi connectivity index (χ1) is 11.7. The topological polar surface area (TPSA) is 40.4 Å². The van der Waals surface area contributed by atoms with Gasteiger partial charge in [0.15, 0.2) is 0 Å². The van der Waals surface area contributed by atoms with E-state index in [0.717, 1.165) is 37.6 Å². The smallest absolute Gasteiger partial charge is 0.119 e. The molecule has 0 radical (unpaired) electrons. The van der Waals surface area contributed by atoms with Gasteiger partial charge >= 0.3 is 0 Å². The van der Waals surface area contributed by atoms with Crippen LogP contribution in [0.5, 0.6) is 5.75 Å². The summed E-state index contributed by atoms with van der Waals surface area (Å²) in [4.78, 5) is 2.43. The van der Waals surface area contributed by atoms with Gasteiger partial charge in [-0.2, -0.15) is 0 Å². The molecule has 24 heavy (non-hydrogen) atoms. The Balaban J connectivity index is 1.58. The van der Waals surface area contributed by atoms with E-state index in [1.54, 1.807) is 7.11 Å². The van der Waals surface area contributed by atoms with Crippen molar-refractivity contribution in [3.63, 3.8) is 0 Å². The maximum absolute atomic E-state index is 5.15. The van der Waals surface area contributed by atoms with Crippen LogP contribution in [-0.4, -0.2) is 38.3 Å². The lowest BCUT2D eigenvalue weighted by Crippen LogP contribution is -2.44. The lowest BCUT2D eigenvalue weighted by atomic mass is 10.1. The molecule has 0 unspecified atom stereocenters. The number of rotatable bonds is 4. The molecule has 1 fully saturated rings. The van der Waals surface area contributed by atoms with Crippen molar-refractivity contribution in [3.8, 4) is 5.75 Å². The Kier molecular flexibility index (Phi) is 4.99. The van der Waals surface area contributed by atoms with Crippen LogP contribution < -0.4 is 9.64 Å². The van der Waals surface area contributed by atoms with Crippen LogP contribution in [0.3, 0.4) is 0 Å². The van der Waals surface area contributed by atoms with E-state index in [1.165, 1.54) is 16.8 Å². The molecule has 0 bridgehead atoms. The maximum Gasteiger partial charge on any atom is 0.119 e. The Morgan fingerprint density at radius 2 is 1.62 bits per heavy atom. The van der Waals surface area contributed by atoms with Gasteiger partial charge in [0.05, 0.1) is 25.9 Å². The third-order valence-corrected chi connectivity index (χ3v) is 4.53. The number of ether oxygens (including phenoxy) is 1. The molecule has 5 nitrogen and oxygen atoms in total. The van der Waals surface area contributed by atoms with Gasteiger partial charge in [-0.15, -0.1) is 5.11 Å². The first-order valence-corrected chi connectivity index (χ1v) is 8.29. The molecular weight excluding hydrogens is 300 g/mol. The Bertz CT molecular complexity index is 704. The fraction of sp³-hybridized carbons (Fsp3) is 0.368. The van der Waals surface area contributed by atoms with Crippen molar-refractivity contribution in [3.05, 3.63) is 53.6 Å². The number of benzene rings is 2. The van der Waals surface area contributed by atoms with Gasteiger partial charge in [0, 0.05) is 18.8 Å². The molecule has 0 aliphatic carbocycles. The van der Waals surface area contributed by atoms with Crippen molar-refractivity contribution in [1.29, 1.82) is 0 Å². The van der Waals surface area contributed by atoms with Crippen molar-refractivity contribution in [2.45, 2.75) is 13.8 Å². The first-order valence-electron chi connectivity index (χ1n) is 8.29. The molecule has 0 N–H and O–H groups in total. The highest BCUT2D eigenvalue weighted by atomic mass is 16.5. The lowest BCUT2D eigenvalue weighted by Gasteiger charge is -2.35. The number of anilines is 1. The van der Waals surface area contributed by atoms with Crippen molar-refractivity contribution in [1.82, 2.24) is 5.01 Å². The number of methoxy groups -OCH3 is 1. The average molecular weight is 324 g/mol. The minimum absolute atomic E-state index is 0.830. The molecular formula is C19H24N4O. The third-order valence-electron chi connectivity index (χ3n) is 4.53. The van der Waals surface area contributed by atoms with E-state index < -0.39 is 0 Å². The van der Waals surface area contributed by atoms with Crippen molar-refractivity contribution in [2.75, 3.05) is 38.2 Å². The highest BCUT2D eigenvalue weighted by molar-refractivity contribution is 5.56. The summed E-state index contributed by atoms with van der Waals surface area (Å²) in [5.41, 5.74) is 4.88. The average Bonchev–Trinajstić information content (AvgIpc) is 2.63. The van der Waals surface area contributed by atoms with Gasteiger partial charge in [-0.25, -0.2) is 0 Å². The van der Waals surface area contributed by atoms with Gasteiger partial charge in [-0.05, 0) is 55.3 Å². The fourth-order valence-electron chi connectivity index (χ4n) is 2.87. The molecule has 0 spiro atoms. The highest BCUT2D eigenvalue weighted by Gasteiger charge is 2.17. The summed E-state index contributed by atoms with van der Waals surface area (Å²) in [6, 6.07) is 14.1. The minimum Gasteiger partial charge on any atom is -0.497 e. The number of piperazine rings is 1. The van der Waals surface area contributed by atoms with Gasteiger partial charge in [0.1, 0.15) is 5.75 Å². The van der Waals surface area contributed by atoms with E-state index in [1.807, 2.05) is 29.3 Å². The Morgan fingerprint density at radius 1 is 0.917 bits per heavy atom. The van der Waals surface area contributed by atoms with Crippen LogP contribution in [0.2, 0.25) is 0 Å². The largest absolute Gasteiger partial charge is 0.497 e. The lowest BCUT2D eigenvalue weighted by molar-refractivity contribution is 0.254. The molecule has 2 aromatic rings. The van der Waals surface area contributed by atoms with Crippen molar-refractivity contribution in [2.24, 2.45) is 10.3 Å². The highest BCUT2D eigenvalue weighted by Crippen LogP contribution is 2.24. The number of hydrogen-bond acceptors (Lipinski definition) is 4. The summed E-state index contributed by atoms with van der Waals surface area (Å²) in [6.07, 6.45) is 0. The second kappa shape index (κ2) is 7.34. The molecule has 1 heterocycles. The zero-order chi connectivity index (χ0) is 16.9. The van der Waals surface area contributed by atoms with Crippen LogP contribution in [-0.2, 0) is 0 Å². The molecule has 126 valence electrons. The molecule has 0 atom stereocenters. The van der Waals surface area contributed by atoms with Gasteiger partial charge in [-0.3, -0.25) is 5.01 Å². The molecule has 1 saturated heterocycles. The van der Waals surface area contributed by atoms with E-state index in [9.17, 15) is 0 Å². The van der Waals surface area contributed by atoms with Crippen LogP contribution in [0.1, 0.15) is 11.1 Å². The quantitative estimate of drug-likeness (QED) is 0.794. The van der Waals surface area contributed by atoms with Crippen molar-refractivity contribution < 1.29 is 4.74 Å². The van der Waals surface area contributed by atoms with Gasteiger partial charge in [0.2, 0.25) is 0 Å². The molecule has 0 aromatic heterocycles. The van der Waals surface area contributed by atoms with Gasteiger partial charge < -0.3 is 9.64 Å². The maximum atomic E-state index is 5.15. The van der Waals surface area contributed by atoms with Crippen LogP contribution >= 0.6 is 0 Å². The SMILES string of the molecule is COc1ccc(/N=N/N2CCN(c3cccc(C)c3C)CC2)cc1. The summed E-state index contributed by atoms with van der Waals surface area (Å²) in [6.45, 7) is 8.05. The van der Waals surface area contributed by atoms with Crippen molar-refractivity contribution >= 4 is 11.4 Å². The summed E-state index contributed by atoms with van der Waals surface area (Å²) < 4.78 is 5.15. The van der Waals surface area contributed by atoms with Crippen LogP contribution in [0.25, 0.3) is 0 Å². The summed E-state index contributed by atoms with van der Waals surface area (Å²) in [5, 5.41) is 10.7. The van der Waals surface area contributed by atoms with E-state index in [0.29, 0.717) is 0 Å². The predicted octanol–water partition coefficient (Wildman–Crippen LogP) is 4.13. The Morgan fingerprint density at radius 3 is 2.29 bits per heavy atom. The zero-order valence-electron chi connectivity index (χ0n) is 14.6. The standard InChI is InChI=1S/C19H24N4O/c1-15-5-4-6-19(16(15)2)22-11-13-23(14-12-22)21-20-17-7-9-18(24-3)10-8-17/h4-10H,11-14H2,1-3H3/b21-20+. The normalized spacial score (nSPS) is 15.1. The molecule has 0 saturated carbocycles. The number of nitrogens with zero attached hydrogens (tertiary/aromatic N) is 4. The van der Waals surface area contributed by atoms with Gasteiger partial charge in [-0.1, -0.05) is 17.4 Å². The third kappa shape index (κ3) is 3.67. The molecule has 2 aromatic carbocycles. The Hall–Kier alpha value is -2.56. The fourth-order valence-corrected chi connectivity index (χ4v) is 2.87.